The Morgan fingerprint density at radius 3 is 2.56 bits per heavy atom. The second-order valence-corrected chi connectivity index (χ2v) is 9.25. The molecule has 0 aliphatic carbocycles. The van der Waals surface area contributed by atoms with Crippen LogP contribution in [-0.2, 0) is 16.1 Å². The number of methoxy groups -OCH3 is 1. The van der Waals surface area contributed by atoms with Gasteiger partial charge in [-0.3, -0.25) is 14.6 Å². The largest absolute Gasteiger partial charge is 0.507 e. The van der Waals surface area contributed by atoms with Gasteiger partial charge in [0.15, 0.2) is 0 Å². The Labute approximate surface area is 211 Å². The van der Waals surface area contributed by atoms with Gasteiger partial charge >= 0.3 is 0 Å². The van der Waals surface area contributed by atoms with Crippen molar-refractivity contribution in [3.05, 3.63) is 94.8 Å². The van der Waals surface area contributed by atoms with Gasteiger partial charge in [-0.15, -0.1) is 0 Å². The van der Waals surface area contributed by atoms with Crippen LogP contribution in [0, 0.1) is 12.8 Å². The van der Waals surface area contributed by atoms with Gasteiger partial charge in [0.05, 0.1) is 25.3 Å². The molecule has 1 atom stereocenters. The summed E-state index contributed by atoms with van der Waals surface area (Å²) < 4.78 is 11.2. The first-order valence-electron chi connectivity index (χ1n) is 11.8. The number of aliphatic hydroxyl groups is 1. The number of amides is 1. The Hall–Kier alpha value is -4.13. The molecule has 0 radical (unpaired) electrons. The molecule has 4 rings (SSSR count). The van der Waals surface area contributed by atoms with Gasteiger partial charge in [-0.1, -0.05) is 32.0 Å². The van der Waals surface area contributed by atoms with Crippen molar-refractivity contribution in [1.29, 1.82) is 0 Å². The SMILES string of the molecule is COc1ccc(/C(O)=C2\C(=O)C(=O)N(Cc3cccnc3)C2c2cccc(OCC(C)C)c2)c(C)c1. The molecule has 3 aromatic rings. The van der Waals surface area contributed by atoms with Gasteiger partial charge in [-0.2, -0.15) is 0 Å². The average molecular weight is 487 g/mol. The summed E-state index contributed by atoms with van der Waals surface area (Å²) in [6.07, 6.45) is 3.31. The maximum absolute atomic E-state index is 13.4. The summed E-state index contributed by atoms with van der Waals surface area (Å²) in [6.45, 7) is 6.63. The van der Waals surface area contributed by atoms with Gasteiger partial charge in [-0.25, -0.2) is 0 Å². The molecule has 0 spiro atoms. The number of Topliss-reactive ketones (excluding diaryl/α,β-unsaturated/α-hetero) is 1. The molecule has 1 fully saturated rings. The van der Waals surface area contributed by atoms with Crippen LogP contribution >= 0.6 is 0 Å². The van der Waals surface area contributed by atoms with Crippen LogP contribution in [0.2, 0.25) is 0 Å². The number of aromatic nitrogens is 1. The Morgan fingerprint density at radius 1 is 1.08 bits per heavy atom. The number of benzene rings is 2. The third-order valence-electron chi connectivity index (χ3n) is 6.06. The summed E-state index contributed by atoms with van der Waals surface area (Å²) in [5, 5.41) is 11.4. The second kappa shape index (κ2) is 10.6. The van der Waals surface area contributed by atoms with Crippen molar-refractivity contribution < 1.29 is 24.2 Å². The molecular formula is C29H30N2O5. The third kappa shape index (κ3) is 5.10. The van der Waals surface area contributed by atoms with E-state index in [0.717, 1.165) is 11.1 Å². The lowest BCUT2D eigenvalue weighted by molar-refractivity contribution is -0.140. The first-order valence-corrected chi connectivity index (χ1v) is 11.8. The number of carbonyl (C=O) groups excluding carboxylic acids is 2. The topological polar surface area (TPSA) is 89.0 Å². The van der Waals surface area contributed by atoms with Crippen molar-refractivity contribution in [2.45, 2.75) is 33.4 Å². The lowest BCUT2D eigenvalue weighted by Gasteiger charge is -2.26. The zero-order chi connectivity index (χ0) is 25.8. The number of carbonyl (C=O) groups is 2. The van der Waals surface area contributed by atoms with Crippen LogP contribution in [0.3, 0.4) is 0 Å². The smallest absolute Gasteiger partial charge is 0.295 e. The van der Waals surface area contributed by atoms with Gasteiger partial charge < -0.3 is 19.5 Å². The second-order valence-electron chi connectivity index (χ2n) is 9.25. The van der Waals surface area contributed by atoms with E-state index in [1.165, 1.54) is 4.90 Å². The standard InChI is InChI=1S/C29H30N2O5/c1-18(2)17-36-23-9-5-8-21(14-23)26-25(27(32)24-11-10-22(35-4)13-19(24)3)28(33)29(34)31(26)16-20-7-6-12-30-15-20/h5-15,18,26,32H,16-17H2,1-4H3/b27-25+. The van der Waals surface area contributed by atoms with Crippen LogP contribution in [0.4, 0.5) is 0 Å². The van der Waals surface area contributed by atoms with E-state index >= 15 is 0 Å². The number of aliphatic hydroxyl groups excluding tert-OH is 1. The van der Waals surface area contributed by atoms with Gasteiger partial charge in [-0.05, 0) is 65.9 Å². The monoisotopic (exact) mass is 486 g/mol. The van der Waals surface area contributed by atoms with E-state index in [9.17, 15) is 14.7 Å². The van der Waals surface area contributed by atoms with Crippen molar-refractivity contribution in [2.75, 3.05) is 13.7 Å². The first kappa shape index (κ1) is 25.0. The molecule has 1 N–H and O–H groups in total. The van der Waals surface area contributed by atoms with E-state index < -0.39 is 17.7 Å². The zero-order valence-electron chi connectivity index (χ0n) is 20.9. The number of rotatable bonds is 8. The van der Waals surface area contributed by atoms with E-state index in [2.05, 4.69) is 18.8 Å². The van der Waals surface area contributed by atoms with Gasteiger partial charge in [0.1, 0.15) is 17.3 Å². The van der Waals surface area contributed by atoms with Crippen LogP contribution in [0.25, 0.3) is 5.76 Å². The average Bonchev–Trinajstić information content (AvgIpc) is 3.12. The minimum absolute atomic E-state index is 0.0400. The van der Waals surface area contributed by atoms with Crippen molar-refractivity contribution >= 4 is 17.4 Å². The number of pyridine rings is 1. The number of hydrogen-bond acceptors (Lipinski definition) is 6. The fourth-order valence-electron chi connectivity index (χ4n) is 4.29. The van der Waals surface area contributed by atoms with E-state index in [1.54, 1.807) is 43.8 Å². The Balaban J connectivity index is 1.85. The predicted molar refractivity (Wildman–Crippen MR) is 137 cm³/mol. The minimum atomic E-state index is -0.797. The molecule has 1 unspecified atom stereocenters. The van der Waals surface area contributed by atoms with Crippen LogP contribution in [0.1, 0.15) is 42.1 Å². The minimum Gasteiger partial charge on any atom is -0.507 e. The molecule has 186 valence electrons. The van der Waals surface area contributed by atoms with Crippen molar-refractivity contribution in [1.82, 2.24) is 9.88 Å². The summed E-state index contributed by atoms with van der Waals surface area (Å²) in [5.74, 6) is -0.0276. The van der Waals surface area contributed by atoms with Crippen LogP contribution in [0.5, 0.6) is 11.5 Å². The van der Waals surface area contributed by atoms with Gasteiger partial charge in [0, 0.05) is 24.5 Å². The third-order valence-corrected chi connectivity index (χ3v) is 6.06. The number of hydrogen-bond donors (Lipinski definition) is 1. The molecule has 2 heterocycles. The molecule has 1 aliphatic heterocycles. The highest BCUT2D eigenvalue weighted by Gasteiger charge is 2.46. The Bertz CT molecular complexity index is 1300. The molecule has 0 bridgehead atoms. The van der Waals surface area contributed by atoms with E-state index in [0.29, 0.717) is 35.2 Å². The highest BCUT2D eigenvalue weighted by atomic mass is 16.5. The maximum Gasteiger partial charge on any atom is 0.295 e. The fourth-order valence-corrected chi connectivity index (χ4v) is 4.29. The number of ether oxygens (including phenoxy) is 2. The number of nitrogens with zero attached hydrogens (tertiary/aromatic N) is 2. The molecule has 1 aliphatic rings. The predicted octanol–water partition coefficient (Wildman–Crippen LogP) is 5.06. The number of likely N-dealkylation sites (tertiary alicyclic amines) is 1. The molecule has 1 saturated heterocycles. The van der Waals surface area contributed by atoms with Crippen molar-refractivity contribution in [2.24, 2.45) is 5.92 Å². The Kier molecular flexibility index (Phi) is 7.38. The highest BCUT2D eigenvalue weighted by Crippen LogP contribution is 2.41. The zero-order valence-corrected chi connectivity index (χ0v) is 20.9. The molecule has 7 nitrogen and oxygen atoms in total. The maximum atomic E-state index is 13.4. The fraction of sp³-hybridized carbons (Fsp3) is 0.276. The lowest BCUT2D eigenvalue weighted by atomic mass is 9.93. The lowest BCUT2D eigenvalue weighted by Crippen LogP contribution is -2.29. The van der Waals surface area contributed by atoms with Gasteiger partial charge in [0.2, 0.25) is 0 Å². The van der Waals surface area contributed by atoms with Gasteiger partial charge in [0.25, 0.3) is 11.7 Å². The quantitative estimate of drug-likeness (QED) is 0.272. The molecule has 7 heteroatoms. The molecule has 36 heavy (non-hydrogen) atoms. The summed E-state index contributed by atoms with van der Waals surface area (Å²) in [6, 6.07) is 15.3. The number of ketones is 1. The van der Waals surface area contributed by atoms with Crippen LogP contribution in [-0.4, -0.2) is 40.4 Å². The normalized spacial score (nSPS) is 17.0. The number of aryl methyl sites for hydroxylation is 1. The Morgan fingerprint density at radius 2 is 1.89 bits per heavy atom. The molecule has 1 aromatic heterocycles. The summed E-state index contributed by atoms with van der Waals surface area (Å²) in [4.78, 5) is 32.3. The van der Waals surface area contributed by atoms with E-state index in [1.807, 2.05) is 37.3 Å². The van der Waals surface area contributed by atoms with E-state index in [-0.39, 0.29) is 17.9 Å². The van der Waals surface area contributed by atoms with E-state index in [4.69, 9.17) is 9.47 Å². The molecule has 1 amide bonds. The summed E-state index contributed by atoms with van der Waals surface area (Å²) in [7, 11) is 1.56. The van der Waals surface area contributed by atoms with Crippen LogP contribution in [0.15, 0.2) is 72.6 Å². The molecular weight excluding hydrogens is 456 g/mol. The molecule has 2 aromatic carbocycles. The highest BCUT2D eigenvalue weighted by molar-refractivity contribution is 6.46. The molecule has 0 saturated carbocycles. The van der Waals surface area contributed by atoms with Crippen molar-refractivity contribution in [3.8, 4) is 11.5 Å². The summed E-state index contributed by atoms with van der Waals surface area (Å²) >= 11 is 0. The van der Waals surface area contributed by atoms with Crippen LogP contribution < -0.4 is 9.47 Å². The first-order chi connectivity index (χ1) is 17.3. The van der Waals surface area contributed by atoms with Crippen molar-refractivity contribution in [3.63, 3.8) is 0 Å². The summed E-state index contributed by atoms with van der Waals surface area (Å²) in [5.41, 5.74) is 2.67.